The number of hydrogen-bond donors (Lipinski definition) is 3. The van der Waals surface area contributed by atoms with Crippen molar-refractivity contribution in [2.24, 2.45) is 35.3 Å². The fraction of sp³-hybridized carbons (Fsp3) is 0.821. The summed E-state index contributed by atoms with van der Waals surface area (Å²) < 4.78 is 5.33. The third-order valence-electron chi connectivity index (χ3n) is 8.21. The molecule has 4 N–H and O–H groups in total. The topological polar surface area (TPSA) is 148 Å². The standard InChI is InChI=1S/C28H46N4O6/c1-16(2)15-38-28(37)31-23(19-8-6-5-7-9-19)27(36)32-14-20(17(3)4)13-22(32)26(35)30-21(12-18-10-11-18)24(33)25(29)34/h16-23H,5-15H2,1-4H3,(H2,29,34)(H,30,35)(H,31,37)/t20?,21?,22-,23-/m0/s1. The maximum Gasteiger partial charge on any atom is 0.407 e. The van der Waals surface area contributed by atoms with E-state index in [0.717, 1.165) is 44.9 Å². The number of amides is 4. The molecule has 0 aromatic heterocycles. The molecule has 1 heterocycles. The maximum absolute atomic E-state index is 14.1. The zero-order valence-electron chi connectivity index (χ0n) is 23.4. The van der Waals surface area contributed by atoms with Crippen LogP contribution in [-0.4, -0.2) is 65.8 Å². The van der Waals surface area contributed by atoms with Gasteiger partial charge in [-0.3, -0.25) is 19.2 Å². The van der Waals surface area contributed by atoms with Gasteiger partial charge in [-0.15, -0.1) is 0 Å². The number of nitrogens with zero attached hydrogens (tertiary/aromatic N) is 1. The molecule has 0 spiro atoms. The van der Waals surface area contributed by atoms with Crippen LogP contribution in [0.25, 0.3) is 0 Å². The van der Waals surface area contributed by atoms with Gasteiger partial charge in [0.1, 0.15) is 12.1 Å². The second kappa shape index (κ2) is 13.4. The zero-order valence-corrected chi connectivity index (χ0v) is 23.4. The van der Waals surface area contributed by atoms with Crippen molar-refractivity contribution in [3.05, 3.63) is 0 Å². The number of nitrogens with one attached hydrogen (secondary N) is 2. The quantitative estimate of drug-likeness (QED) is 0.328. The lowest BCUT2D eigenvalue weighted by molar-refractivity contribution is -0.143. The molecule has 10 nitrogen and oxygen atoms in total. The second-order valence-electron chi connectivity index (χ2n) is 12.2. The summed E-state index contributed by atoms with van der Waals surface area (Å²) in [6.07, 6.45) is 6.77. The first-order valence-corrected chi connectivity index (χ1v) is 14.4. The highest BCUT2D eigenvalue weighted by atomic mass is 16.5. The molecule has 0 aromatic carbocycles. The predicted octanol–water partition coefficient (Wildman–Crippen LogP) is 2.53. The average Bonchev–Trinajstić information content (AvgIpc) is 3.58. The van der Waals surface area contributed by atoms with Crippen LogP contribution in [-0.2, 0) is 23.9 Å². The van der Waals surface area contributed by atoms with E-state index in [-0.39, 0.29) is 42.1 Å². The lowest BCUT2D eigenvalue weighted by Crippen LogP contribution is -2.58. The van der Waals surface area contributed by atoms with Crippen LogP contribution < -0.4 is 16.4 Å². The Bertz CT molecular complexity index is 881. The molecule has 10 heteroatoms. The van der Waals surface area contributed by atoms with Gasteiger partial charge in [0.2, 0.25) is 17.6 Å². The molecule has 4 amide bonds. The van der Waals surface area contributed by atoms with E-state index in [2.05, 4.69) is 24.5 Å². The second-order valence-corrected chi connectivity index (χ2v) is 12.2. The van der Waals surface area contributed by atoms with Gasteiger partial charge in [-0.05, 0) is 55.3 Å². The number of likely N-dealkylation sites (tertiary alicyclic amines) is 1. The molecule has 1 aliphatic heterocycles. The van der Waals surface area contributed by atoms with Crippen LogP contribution in [0.15, 0.2) is 0 Å². The SMILES string of the molecule is CC(C)COC(=O)N[C@H](C(=O)N1CC(C(C)C)C[C@H]1C(=O)NC(CC1CC1)C(=O)C(N)=O)C1CCCCC1. The Labute approximate surface area is 226 Å². The molecule has 0 radical (unpaired) electrons. The van der Waals surface area contributed by atoms with Crippen molar-refractivity contribution in [2.45, 2.75) is 104 Å². The van der Waals surface area contributed by atoms with E-state index in [9.17, 15) is 24.0 Å². The van der Waals surface area contributed by atoms with E-state index in [1.165, 1.54) is 0 Å². The minimum absolute atomic E-state index is 0.0382. The normalized spacial score (nSPS) is 23.7. The molecular weight excluding hydrogens is 488 g/mol. The molecule has 1 saturated heterocycles. The summed E-state index contributed by atoms with van der Waals surface area (Å²) >= 11 is 0. The van der Waals surface area contributed by atoms with Gasteiger partial charge in [-0.25, -0.2) is 4.79 Å². The number of alkyl carbamates (subject to hydrolysis) is 1. The Hall–Kier alpha value is -2.65. The third kappa shape index (κ3) is 8.17. The lowest BCUT2D eigenvalue weighted by Gasteiger charge is -2.34. The van der Waals surface area contributed by atoms with Gasteiger partial charge in [0.05, 0.1) is 12.6 Å². The highest BCUT2D eigenvalue weighted by molar-refractivity contribution is 6.37. The van der Waals surface area contributed by atoms with Gasteiger partial charge in [-0.2, -0.15) is 0 Å². The molecule has 0 aromatic rings. The van der Waals surface area contributed by atoms with Crippen molar-refractivity contribution in [1.82, 2.24) is 15.5 Å². The predicted molar refractivity (Wildman–Crippen MR) is 142 cm³/mol. The van der Waals surface area contributed by atoms with E-state index in [0.29, 0.717) is 19.4 Å². The third-order valence-corrected chi connectivity index (χ3v) is 8.21. The summed E-state index contributed by atoms with van der Waals surface area (Å²) in [5.41, 5.74) is 5.25. The lowest BCUT2D eigenvalue weighted by atomic mass is 9.83. The number of nitrogens with two attached hydrogens (primary N) is 1. The van der Waals surface area contributed by atoms with Crippen molar-refractivity contribution in [2.75, 3.05) is 13.2 Å². The molecule has 214 valence electrons. The Morgan fingerprint density at radius 3 is 2.13 bits per heavy atom. The van der Waals surface area contributed by atoms with Crippen LogP contribution in [0.5, 0.6) is 0 Å². The van der Waals surface area contributed by atoms with Crippen LogP contribution in [0.2, 0.25) is 0 Å². The minimum atomic E-state index is -1.07. The molecule has 2 unspecified atom stereocenters. The van der Waals surface area contributed by atoms with Crippen molar-refractivity contribution in [1.29, 1.82) is 0 Å². The number of ketones is 1. The fourth-order valence-electron chi connectivity index (χ4n) is 5.64. The summed E-state index contributed by atoms with van der Waals surface area (Å²) in [6, 6.07) is -2.57. The molecule has 38 heavy (non-hydrogen) atoms. The number of rotatable bonds is 12. The zero-order chi connectivity index (χ0) is 28.0. The van der Waals surface area contributed by atoms with Crippen molar-refractivity contribution >= 4 is 29.6 Å². The maximum atomic E-state index is 14.1. The molecule has 3 rings (SSSR count). The molecule has 3 aliphatic rings. The Balaban J connectivity index is 1.80. The molecule has 4 atom stereocenters. The van der Waals surface area contributed by atoms with Gasteiger partial charge in [0, 0.05) is 6.54 Å². The van der Waals surface area contributed by atoms with E-state index >= 15 is 0 Å². The summed E-state index contributed by atoms with van der Waals surface area (Å²) in [4.78, 5) is 65.9. The van der Waals surface area contributed by atoms with E-state index in [1.807, 2.05) is 13.8 Å². The van der Waals surface area contributed by atoms with Gasteiger partial charge in [0.25, 0.3) is 5.91 Å². The minimum Gasteiger partial charge on any atom is -0.449 e. The summed E-state index contributed by atoms with van der Waals surface area (Å²) in [5, 5.41) is 5.58. The first-order chi connectivity index (χ1) is 18.0. The van der Waals surface area contributed by atoms with Gasteiger partial charge in [-0.1, -0.05) is 59.8 Å². The molecular formula is C28H46N4O6. The fourth-order valence-corrected chi connectivity index (χ4v) is 5.64. The van der Waals surface area contributed by atoms with Crippen LogP contribution in [0, 0.1) is 29.6 Å². The van der Waals surface area contributed by atoms with Gasteiger partial charge in [0.15, 0.2) is 0 Å². The van der Waals surface area contributed by atoms with Crippen LogP contribution in [0.1, 0.15) is 85.5 Å². The number of carbonyl (C=O) groups is 5. The number of Topliss-reactive ketones (excluding diaryl/α,β-unsaturated/α-hetero) is 1. The van der Waals surface area contributed by atoms with Crippen LogP contribution >= 0.6 is 0 Å². The number of ether oxygens (including phenoxy) is 1. The first-order valence-electron chi connectivity index (χ1n) is 14.4. The highest BCUT2D eigenvalue weighted by Crippen LogP contribution is 2.35. The van der Waals surface area contributed by atoms with Crippen LogP contribution in [0.3, 0.4) is 0 Å². The van der Waals surface area contributed by atoms with Crippen molar-refractivity contribution in [3.63, 3.8) is 0 Å². The summed E-state index contributed by atoms with van der Waals surface area (Å²) in [6.45, 7) is 8.63. The monoisotopic (exact) mass is 534 g/mol. The van der Waals surface area contributed by atoms with E-state index in [1.54, 1.807) is 4.90 Å². The van der Waals surface area contributed by atoms with Gasteiger partial charge < -0.3 is 26.0 Å². The smallest absolute Gasteiger partial charge is 0.407 e. The summed E-state index contributed by atoms with van der Waals surface area (Å²) in [5.74, 6) is -1.90. The largest absolute Gasteiger partial charge is 0.449 e. The Morgan fingerprint density at radius 1 is 0.921 bits per heavy atom. The molecule has 3 fully saturated rings. The highest BCUT2D eigenvalue weighted by Gasteiger charge is 2.45. The average molecular weight is 535 g/mol. The number of primary amides is 1. The Morgan fingerprint density at radius 2 is 1.58 bits per heavy atom. The van der Waals surface area contributed by atoms with Crippen molar-refractivity contribution in [3.8, 4) is 0 Å². The van der Waals surface area contributed by atoms with Crippen LogP contribution in [0.4, 0.5) is 4.79 Å². The molecule has 2 saturated carbocycles. The number of hydrogen-bond acceptors (Lipinski definition) is 6. The van der Waals surface area contributed by atoms with E-state index < -0.39 is 41.8 Å². The Kier molecular flexibility index (Phi) is 10.6. The van der Waals surface area contributed by atoms with E-state index in [4.69, 9.17) is 10.5 Å². The molecule has 2 aliphatic carbocycles. The van der Waals surface area contributed by atoms with Crippen molar-refractivity contribution < 1.29 is 28.7 Å². The first kappa shape index (κ1) is 29.9. The van der Waals surface area contributed by atoms with Gasteiger partial charge >= 0.3 is 6.09 Å². The molecule has 0 bridgehead atoms. The number of carbonyl (C=O) groups excluding carboxylic acids is 5. The summed E-state index contributed by atoms with van der Waals surface area (Å²) in [7, 11) is 0.